The standard InChI is InChI=1S/C43H54F4N8O9/c1-38(2,50-15-11-42(44,45)25-50)19-29(23-48)33(58)52-13-7-9-40(52,5)21-27-17-31(56)54(35(27)60)63-37(62)64-55-32(57)18-28(36(55)61)22-41(6)10-8-14-53(41)34(59)30(24-49)20-39(3,4)51-16-12-43(46,47)26-51/h19-20,27-28H,7-18,21-22,25-26H2,1-6H3/b29-19+,30-20+/t27-,28-,40+,41+/m0/s1. The van der Waals surface area contributed by atoms with Gasteiger partial charge in [0.1, 0.15) is 23.3 Å². The van der Waals surface area contributed by atoms with Gasteiger partial charge in [-0.3, -0.25) is 48.2 Å². The number of nitrogens with zero attached hydrogens (tertiary/aromatic N) is 8. The average Bonchev–Trinajstić information content (AvgIpc) is 4.05. The predicted octanol–water partition coefficient (Wildman–Crippen LogP) is 4.40. The Hall–Kier alpha value is -5.41. The van der Waals surface area contributed by atoms with E-state index in [0.717, 1.165) is 0 Å². The monoisotopic (exact) mass is 902 g/mol. The van der Waals surface area contributed by atoms with Crippen LogP contribution >= 0.6 is 0 Å². The minimum atomic E-state index is -2.89. The van der Waals surface area contributed by atoms with Crippen LogP contribution in [0.1, 0.15) is 106 Å². The zero-order chi connectivity index (χ0) is 47.4. The highest BCUT2D eigenvalue weighted by Crippen LogP contribution is 2.42. The van der Waals surface area contributed by atoms with Crippen LogP contribution in [0.15, 0.2) is 23.3 Å². The number of halogens is 4. The van der Waals surface area contributed by atoms with Crippen LogP contribution in [0.2, 0.25) is 0 Å². The molecule has 0 bridgehead atoms. The molecular formula is C43H54F4N8O9. The first-order valence-corrected chi connectivity index (χ1v) is 21.4. The van der Waals surface area contributed by atoms with E-state index < -0.39 is 113 Å². The van der Waals surface area contributed by atoms with E-state index in [9.17, 15) is 61.6 Å². The van der Waals surface area contributed by atoms with Crippen LogP contribution in [0.4, 0.5) is 22.4 Å². The second kappa shape index (κ2) is 17.2. The third-order valence-electron chi connectivity index (χ3n) is 13.8. The Morgan fingerprint density at radius 1 is 0.656 bits per heavy atom. The van der Waals surface area contributed by atoms with E-state index in [1.165, 1.54) is 31.8 Å². The first-order chi connectivity index (χ1) is 29.6. The largest absolute Gasteiger partial charge is 0.560 e. The minimum absolute atomic E-state index is 0.0670. The highest BCUT2D eigenvalue weighted by molar-refractivity contribution is 6.05. The van der Waals surface area contributed by atoms with Gasteiger partial charge in [0.05, 0.1) is 24.9 Å². The van der Waals surface area contributed by atoms with Crippen LogP contribution in [0.25, 0.3) is 0 Å². The SMILES string of the molecule is CC(C)(/C=C(\C#N)C(=O)N1CCC[C@]1(C)C[C@@H]1CC(=O)N(OC(=O)ON2C(=O)C[C@@H](C[C@@]3(C)CCCN3C(=O)/C(C#N)=C/C(C)(C)N3CCC(F)(F)C3)C2=O)C1=O)N1CCC(F)(F)C1. The molecule has 0 aromatic carbocycles. The molecule has 6 heterocycles. The molecule has 0 N–H and O–H groups in total. The second-order valence-corrected chi connectivity index (χ2v) is 19.5. The fourth-order valence-corrected chi connectivity index (χ4v) is 10.2. The quantitative estimate of drug-likeness (QED) is 0.115. The molecular weight excluding hydrogens is 849 g/mol. The lowest BCUT2D eigenvalue weighted by atomic mass is 9.85. The molecule has 0 radical (unpaired) electrons. The fraction of sp³-hybridized carbons (Fsp3) is 0.698. The van der Waals surface area contributed by atoms with Crippen molar-refractivity contribution in [3.63, 3.8) is 0 Å². The summed E-state index contributed by atoms with van der Waals surface area (Å²) in [5, 5.41) is 20.3. The summed E-state index contributed by atoms with van der Waals surface area (Å²) in [7, 11) is 0. The van der Waals surface area contributed by atoms with Gasteiger partial charge in [-0.2, -0.15) is 15.3 Å². The number of rotatable bonds is 12. The molecule has 17 nitrogen and oxygen atoms in total. The molecule has 0 spiro atoms. The summed E-state index contributed by atoms with van der Waals surface area (Å²) in [6.45, 7) is 9.44. The number of amides is 6. The maximum atomic E-state index is 14.0. The Bertz CT molecular complexity index is 2000. The Labute approximate surface area is 368 Å². The lowest BCUT2D eigenvalue weighted by Crippen LogP contribution is -2.48. The van der Waals surface area contributed by atoms with E-state index in [-0.39, 0.29) is 73.1 Å². The number of nitriles is 2. The van der Waals surface area contributed by atoms with Crippen LogP contribution < -0.4 is 0 Å². The molecule has 0 aliphatic carbocycles. The van der Waals surface area contributed by atoms with Crippen LogP contribution in [-0.4, -0.2) is 145 Å². The molecule has 6 aliphatic heterocycles. The van der Waals surface area contributed by atoms with E-state index in [2.05, 4.69) is 0 Å². The second-order valence-electron chi connectivity index (χ2n) is 19.5. The predicted molar refractivity (Wildman–Crippen MR) is 213 cm³/mol. The molecule has 6 fully saturated rings. The van der Waals surface area contributed by atoms with Crippen molar-refractivity contribution in [1.29, 1.82) is 10.5 Å². The zero-order valence-electron chi connectivity index (χ0n) is 36.9. The van der Waals surface area contributed by atoms with Crippen LogP contribution in [-0.2, 0) is 38.4 Å². The maximum Gasteiger partial charge on any atom is 0.560 e. The maximum absolute atomic E-state index is 14.0. The molecule has 348 valence electrons. The van der Waals surface area contributed by atoms with Gasteiger partial charge in [-0.15, -0.1) is 0 Å². The lowest BCUT2D eigenvalue weighted by Gasteiger charge is -2.37. The van der Waals surface area contributed by atoms with Crippen molar-refractivity contribution in [2.75, 3.05) is 39.3 Å². The topological polar surface area (TPSA) is 205 Å². The van der Waals surface area contributed by atoms with Gasteiger partial charge < -0.3 is 9.80 Å². The van der Waals surface area contributed by atoms with Crippen molar-refractivity contribution >= 4 is 41.6 Å². The number of carbonyl (C=O) groups excluding carboxylic acids is 7. The summed E-state index contributed by atoms with van der Waals surface area (Å²) in [5.41, 5.74) is -4.71. The first-order valence-electron chi connectivity index (χ1n) is 21.4. The Balaban J connectivity index is 1.05. The number of likely N-dealkylation sites (tertiary alicyclic amines) is 4. The lowest BCUT2D eigenvalue weighted by molar-refractivity contribution is -0.199. The number of hydroxylamine groups is 4. The van der Waals surface area contributed by atoms with E-state index in [0.29, 0.717) is 25.7 Å². The molecule has 0 saturated carbocycles. The zero-order valence-corrected chi connectivity index (χ0v) is 36.9. The highest BCUT2D eigenvalue weighted by atomic mass is 19.3. The third-order valence-corrected chi connectivity index (χ3v) is 13.8. The molecule has 6 saturated heterocycles. The Morgan fingerprint density at radius 2 is 1.02 bits per heavy atom. The van der Waals surface area contributed by atoms with Gasteiger partial charge in [-0.25, -0.2) is 17.6 Å². The number of carbonyl (C=O) groups is 7. The number of hydrogen-bond donors (Lipinski definition) is 0. The molecule has 6 aliphatic rings. The van der Waals surface area contributed by atoms with Gasteiger partial charge in [0, 0.05) is 74.0 Å². The molecule has 4 atom stereocenters. The van der Waals surface area contributed by atoms with Crippen LogP contribution in [0.3, 0.4) is 0 Å². The van der Waals surface area contributed by atoms with Gasteiger partial charge in [0.2, 0.25) is 0 Å². The van der Waals surface area contributed by atoms with Crippen molar-refractivity contribution in [3.05, 3.63) is 23.3 Å². The van der Waals surface area contributed by atoms with Crippen molar-refractivity contribution < 1.29 is 60.8 Å². The fourth-order valence-electron chi connectivity index (χ4n) is 10.2. The van der Waals surface area contributed by atoms with Crippen molar-refractivity contribution in [2.24, 2.45) is 11.8 Å². The van der Waals surface area contributed by atoms with Crippen molar-refractivity contribution in [1.82, 2.24) is 29.7 Å². The van der Waals surface area contributed by atoms with E-state index in [1.807, 2.05) is 12.1 Å². The molecule has 6 rings (SSSR count). The molecule has 6 amide bonds. The summed E-state index contributed by atoms with van der Waals surface area (Å²) in [5.74, 6) is -13.0. The van der Waals surface area contributed by atoms with Gasteiger partial charge >= 0.3 is 6.16 Å². The summed E-state index contributed by atoms with van der Waals surface area (Å²) in [6, 6.07) is 3.80. The Kier molecular flexibility index (Phi) is 12.9. The van der Waals surface area contributed by atoms with Gasteiger partial charge in [-0.05, 0) is 92.2 Å². The minimum Gasteiger partial charge on any atom is -0.333 e. The number of hydrogen-bond acceptors (Lipinski definition) is 13. The normalized spacial score (nSPS) is 29.2. The molecule has 64 heavy (non-hydrogen) atoms. The summed E-state index contributed by atoms with van der Waals surface area (Å²) in [4.78, 5) is 109. The van der Waals surface area contributed by atoms with E-state index in [4.69, 9.17) is 9.68 Å². The van der Waals surface area contributed by atoms with Crippen LogP contribution in [0, 0.1) is 34.5 Å². The first kappa shape index (κ1) is 48.1. The van der Waals surface area contributed by atoms with Crippen LogP contribution in [0.5, 0.6) is 0 Å². The highest BCUT2D eigenvalue weighted by Gasteiger charge is 2.53. The summed E-state index contributed by atoms with van der Waals surface area (Å²) < 4.78 is 56.0. The Morgan fingerprint density at radius 3 is 1.33 bits per heavy atom. The molecule has 0 unspecified atom stereocenters. The van der Waals surface area contributed by atoms with Gasteiger partial charge in [0.15, 0.2) is 0 Å². The molecule has 0 aromatic rings. The molecule has 21 heteroatoms. The third kappa shape index (κ3) is 9.65. The number of alkyl halides is 4. The van der Waals surface area contributed by atoms with E-state index >= 15 is 0 Å². The van der Waals surface area contributed by atoms with Gasteiger partial charge in [0.25, 0.3) is 47.3 Å². The van der Waals surface area contributed by atoms with Crippen molar-refractivity contribution in [2.45, 2.75) is 140 Å². The smallest absolute Gasteiger partial charge is 0.333 e. The average molecular weight is 903 g/mol. The number of imide groups is 2. The van der Waals surface area contributed by atoms with Crippen molar-refractivity contribution in [3.8, 4) is 12.1 Å². The molecule has 0 aromatic heterocycles. The summed E-state index contributed by atoms with van der Waals surface area (Å²) in [6.07, 6.45) is 1.09. The van der Waals surface area contributed by atoms with Gasteiger partial charge in [-0.1, -0.05) is 10.1 Å². The summed E-state index contributed by atoms with van der Waals surface area (Å²) >= 11 is 0. The van der Waals surface area contributed by atoms with E-state index in [1.54, 1.807) is 41.5 Å².